The minimum absolute atomic E-state index is 0. The van der Waals surface area contributed by atoms with Gasteiger partial charge in [-0.2, -0.15) is 0 Å². The zero-order valence-electron chi connectivity index (χ0n) is 7.54. The topological polar surface area (TPSA) is 81.4 Å². The third-order valence-corrected chi connectivity index (χ3v) is 3.45. The first-order valence-corrected chi connectivity index (χ1v) is 6.28. The number of hydrogen-bond donors (Lipinski definition) is 4. The van der Waals surface area contributed by atoms with E-state index in [1.54, 1.807) is 0 Å². The summed E-state index contributed by atoms with van der Waals surface area (Å²) in [5.74, 6) is 0. The van der Waals surface area contributed by atoms with Crippen LogP contribution in [0.5, 0.6) is 0 Å². The first-order valence-electron chi connectivity index (χ1n) is 3.83. The van der Waals surface area contributed by atoms with Gasteiger partial charge in [0, 0.05) is 17.1 Å². The van der Waals surface area contributed by atoms with Gasteiger partial charge in [-0.05, 0) is 24.4 Å². The minimum atomic E-state index is 0. The normalized spacial score (nSPS) is 9.50. The Labute approximate surface area is 119 Å². The fourth-order valence-electron chi connectivity index (χ4n) is 0.806. The minimum Gasteiger partial charge on any atom is -0.343 e. The van der Waals surface area contributed by atoms with Gasteiger partial charge in [-0.1, -0.05) is 22.7 Å². The van der Waals surface area contributed by atoms with E-state index >= 15 is 0 Å². The maximum atomic E-state index is 4.89. The zero-order chi connectivity index (χ0) is 10.7. The van der Waals surface area contributed by atoms with Crippen LogP contribution in [0.4, 0.5) is 10.3 Å². The van der Waals surface area contributed by atoms with E-state index in [9.17, 15) is 0 Å². The standard InChI is InChI=1S/C5H6N6S4.Cu/c12-4-10-8-2(14-4)6-1-7-3-9-11-5(13)15-3;/h1H2,(H,6,8)(H,7,9)(H,10,12)(H,11,13);. The fourth-order valence-corrected chi connectivity index (χ4v) is 2.38. The van der Waals surface area contributed by atoms with E-state index in [-0.39, 0.29) is 17.1 Å². The molecule has 0 bridgehead atoms. The summed E-state index contributed by atoms with van der Waals surface area (Å²) in [6.07, 6.45) is 0. The molecule has 2 heterocycles. The molecular formula is C5H6CuN6S4. The number of rotatable bonds is 4. The SMILES string of the molecule is S=c1[nH]nc(NCNc2n[nH]c(=S)s2)s1.[Cu]. The molecule has 0 unspecified atom stereocenters. The van der Waals surface area contributed by atoms with E-state index in [0.717, 1.165) is 10.3 Å². The van der Waals surface area contributed by atoms with Crippen LogP contribution in [-0.4, -0.2) is 27.1 Å². The first-order chi connectivity index (χ1) is 7.24. The molecule has 1 radical (unpaired) electrons. The van der Waals surface area contributed by atoms with Gasteiger partial charge in [-0.15, -0.1) is 10.2 Å². The van der Waals surface area contributed by atoms with Crippen molar-refractivity contribution >= 4 is 57.4 Å². The van der Waals surface area contributed by atoms with Crippen LogP contribution in [0.3, 0.4) is 0 Å². The van der Waals surface area contributed by atoms with Crippen molar-refractivity contribution in [2.24, 2.45) is 0 Å². The largest absolute Gasteiger partial charge is 0.343 e. The third-order valence-electron chi connectivity index (χ3n) is 1.36. The number of anilines is 2. The van der Waals surface area contributed by atoms with Gasteiger partial charge in [0.1, 0.15) is 0 Å². The summed E-state index contributed by atoms with van der Waals surface area (Å²) in [4.78, 5) is 0. The third kappa shape index (κ3) is 3.92. The molecule has 0 amide bonds. The van der Waals surface area contributed by atoms with Crippen molar-refractivity contribution in [3.05, 3.63) is 7.91 Å². The second-order valence-electron chi connectivity index (χ2n) is 2.37. The predicted molar refractivity (Wildman–Crippen MR) is 66.7 cm³/mol. The number of H-pyrrole nitrogens is 2. The van der Waals surface area contributed by atoms with Crippen LogP contribution < -0.4 is 10.6 Å². The van der Waals surface area contributed by atoms with Crippen LogP contribution in [0.25, 0.3) is 0 Å². The van der Waals surface area contributed by atoms with Gasteiger partial charge in [0.05, 0.1) is 6.67 Å². The summed E-state index contributed by atoms with van der Waals surface area (Å²) >= 11 is 12.5. The van der Waals surface area contributed by atoms with Gasteiger partial charge in [-0.3, -0.25) is 10.2 Å². The Morgan fingerprint density at radius 3 is 1.75 bits per heavy atom. The summed E-state index contributed by atoms with van der Waals surface area (Å²) in [5, 5.41) is 20.8. The Morgan fingerprint density at radius 2 is 1.44 bits per heavy atom. The predicted octanol–water partition coefficient (Wildman–Crippen LogP) is 2.19. The molecule has 2 aromatic rings. The molecule has 91 valence electrons. The van der Waals surface area contributed by atoms with Crippen LogP contribution in [0, 0.1) is 7.91 Å². The molecule has 0 fully saturated rings. The Kier molecular flexibility index (Phi) is 5.52. The van der Waals surface area contributed by atoms with Crippen LogP contribution in [0.2, 0.25) is 0 Å². The molecule has 16 heavy (non-hydrogen) atoms. The van der Waals surface area contributed by atoms with E-state index in [0.29, 0.717) is 14.6 Å². The quantitative estimate of drug-likeness (QED) is 0.388. The average molecular weight is 342 g/mol. The number of aromatic amines is 2. The molecule has 0 saturated carbocycles. The van der Waals surface area contributed by atoms with Crippen molar-refractivity contribution in [2.75, 3.05) is 17.3 Å². The Hall–Kier alpha value is -0.321. The summed E-state index contributed by atoms with van der Waals surface area (Å²) in [5.41, 5.74) is 0. The van der Waals surface area contributed by atoms with Gasteiger partial charge in [-0.25, -0.2) is 0 Å². The van der Waals surface area contributed by atoms with Crippen LogP contribution in [0.1, 0.15) is 0 Å². The Balaban J connectivity index is 0.00000128. The second kappa shape index (κ2) is 6.42. The molecule has 0 aliphatic rings. The monoisotopic (exact) mass is 341 g/mol. The summed E-state index contributed by atoms with van der Waals surface area (Å²) in [6, 6.07) is 0. The maximum Gasteiger partial charge on any atom is 0.205 e. The number of nitrogens with one attached hydrogen (secondary N) is 4. The van der Waals surface area contributed by atoms with Crippen molar-refractivity contribution in [1.29, 1.82) is 0 Å². The molecule has 0 atom stereocenters. The van der Waals surface area contributed by atoms with Crippen molar-refractivity contribution in [3.63, 3.8) is 0 Å². The van der Waals surface area contributed by atoms with Gasteiger partial charge < -0.3 is 10.6 Å². The van der Waals surface area contributed by atoms with E-state index in [4.69, 9.17) is 24.4 Å². The van der Waals surface area contributed by atoms with Gasteiger partial charge >= 0.3 is 0 Å². The molecular weight excluding hydrogens is 336 g/mol. The molecule has 0 aliphatic carbocycles. The van der Waals surface area contributed by atoms with E-state index in [2.05, 4.69) is 31.0 Å². The molecule has 2 aromatic heterocycles. The molecule has 11 heteroatoms. The number of aromatic nitrogens is 4. The Morgan fingerprint density at radius 1 is 1.00 bits per heavy atom. The van der Waals surface area contributed by atoms with E-state index in [1.165, 1.54) is 22.7 Å². The van der Waals surface area contributed by atoms with Gasteiger partial charge in [0.25, 0.3) is 0 Å². The number of nitrogens with zero attached hydrogens (tertiary/aromatic N) is 2. The fraction of sp³-hybridized carbons (Fsp3) is 0.200. The summed E-state index contributed by atoms with van der Waals surface area (Å²) < 4.78 is 1.29. The second-order valence-corrected chi connectivity index (χ2v) is 5.70. The zero-order valence-corrected chi connectivity index (χ0v) is 11.7. The van der Waals surface area contributed by atoms with Crippen molar-refractivity contribution in [3.8, 4) is 0 Å². The van der Waals surface area contributed by atoms with Crippen LogP contribution >= 0.6 is 47.1 Å². The summed E-state index contributed by atoms with van der Waals surface area (Å²) in [6.45, 7) is 0.520. The van der Waals surface area contributed by atoms with E-state index < -0.39 is 0 Å². The molecule has 0 aliphatic heterocycles. The molecule has 2 rings (SSSR count). The van der Waals surface area contributed by atoms with Crippen molar-refractivity contribution in [1.82, 2.24) is 20.4 Å². The molecule has 0 spiro atoms. The van der Waals surface area contributed by atoms with Gasteiger partial charge in [0.2, 0.25) is 10.3 Å². The molecule has 0 saturated heterocycles. The van der Waals surface area contributed by atoms with Crippen LogP contribution in [-0.2, 0) is 17.1 Å². The van der Waals surface area contributed by atoms with Crippen LogP contribution in [0.15, 0.2) is 0 Å². The molecule has 6 nitrogen and oxygen atoms in total. The first kappa shape index (κ1) is 13.7. The molecule has 4 N–H and O–H groups in total. The maximum absolute atomic E-state index is 4.89. The number of hydrogen-bond acceptors (Lipinski definition) is 8. The average Bonchev–Trinajstić information content (AvgIpc) is 2.76. The van der Waals surface area contributed by atoms with Crippen molar-refractivity contribution < 1.29 is 17.1 Å². The van der Waals surface area contributed by atoms with E-state index in [1.807, 2.05) is 0 Å². The van der Waals surface area contributed by atoms with Gasteiger partial charge in [0.15, 0.2) is 7.91 Å². The molecule has 0 aromatic carbocycles. The summed E-state index contributed by atoms with van der Waals surface area (Å²) in [7, 11) is 0. The Bertz CT molecular complexity index is 491. The smallest absolute Gasteiger partial charge is 0.205 e. The van der Waals surface area contributed by atoms with Crippen molar-refractivity contribution in [2.45, 2.75) is 0 Å².